The molecule has 0 aromatic heterocycles. The summed E-state index contributed by atoms with van der Waals surface area (Å²) in [6, 6.07) is 0. The number of hydrogen-bond acceptors (Lipinski definition) is 1. The molecule has 19 heavy (non-hydrogen) atoms. The molecule has 0 spiro atoms. The van der Waals surface area contributed by atoms with Gasteiger partial charge in [0.25, 0.3) is 0 Å². The van der Waals surface area contributed by atoms with Gasteiger partial charge in [0.1, 0.15) is 0 Å². The van der Waals surface area contributed by atoms with Crippen molar-refractivity contribution in [3.05, 3.63) is 0 Å². The number of ether oxygens (including phenoxy) is 1. The summed E-state index contributed by atoms with van der Waals surface area (Å²) in [4.78, 5) is 0. The normalized spacial score (nSPS) is 13.7. The molecular formula is C18H38O. The Labute approximate surface area is 122 Å². The highest BCUT2D eigenvalue weighted by Gasteiger charge is 2.28. The topological polar surface area (TPSA) is 9.23 Å². The Morgan fingerprint density at radius 1 is 0.737 bits per heavy atom. The van der Waals surface area contributed by atoms with E-state index < -0.39 is 0 Å². The van der Waals surface area contributed by atoms with Crippen molar-refractivity contribution in [2.75, 3.05) is 7.11 Å². The second kappa shape index (κ2) is 11.8. The molecule has 1 unspecified atom stereocenters. The molecule has 0 aliphatic heterocycles. The summed E-state index contributed by atoms with van der Waals surface area (Å²) >= 11 is 0. The van der Waals surface area contributed by atoms with Crippen LogP contribution in [0, 0.1) is 5.92 Å². The van der Waals surface area contributed by atoms with Gasteiger partial charge in [0, 0.05) is 7.11 Å². The highest BCUT2D eigenvalue weighted by atomic mass is 16.5. The van der Waals surface area contributed by atoms with Crippen LogP contribution in [0.2, 0.25) is 0 Å². The quantitative estimate of drug-likeness (QED) is 0.354. The van der Waals surface area contributed by atoms with Gasteiger partial charge in [-0.2, -0.15) is 0 Å². The Morgan fingerprint density at radius 3 is 1.68 bits per heavy atom. The Morgan fingerprint density at radius 2 is 1.16 bits per heavy atom. The predicted octanol–water partition coefficient (Wildman–Crippen LogP) is 6.36. The lowest BCUT2D eigenvalue weighted by Crippen LogP contribution is -2.33. The van der Waals surface area contributed by atoms with Gasteiger partial charge in [-0.05, 0) is 32.6 Å². The Hall–Kier alpha value is -0.0400. The van der Waals surface area contributed by atoms with Gasteiger partial charge in [0.05, 0.1) is 5.60 Å². The van der Waals surface area contributed by atoms with E-state index in [4.69, 9.17) is 4.74 Å². The lowest BCUT2D eigenvalue weighted by atomic mass is 9.82. The summed E-state index contributed by atoms with van der Waals surface area (Å²) in [7, 11) is 1.87. The molecule has 0 aliphatic rings. The molecule has 1 heteroatoms. The van der Waals surface area contributed by atoms with Crippen molar-refractivity contribution in [2.45, 2.75) is 104 Å². The minimum absolute atomic E-state index is 0.0527. The maximum absolute atomic E-state index is 5.73. The van der Waals surface area contributed by atoms with Crippen LogP contribution in [0.25, 0.3) is 0 Å². The number of hydrogen-bond donors (Lipinski definition) is 0. The van der Waals surface area contributed by atoms with E-state index in [0.29, 0.717) is 0 Å². The first-order valence-electron chi connectivity index (χ1n) is 8.63. The minimum Gasteiger partial charge on any atom is -0.379 e. The first kappa shape index (κ1) is 19.0. The van der Waals surface area contributed by atoms with E-state index in [2.05, 4.69) is 27.7 Å². The van der Waals surface area contributed by atoms with E-state index in [1.807, 2.05) is 7.11 Å². The van der Waals surface area contributed by atoms with E-state index in [0.717, 1.165) is 5.92 Å². The van der Waals surface area contributed by atoms with Gasteiger partial charge in [0.15, 0.2) is 0 Å². The van der Waals surface area contributed by atoms with Crippen LogP contribution < -0.4 is 0 Å². The van der Waals surface area contributed by atoms with Gasteiger partial charge in [-0.1, -0.05) is 71.6 Å². The van der Waals surface area contributed by atoms with Crippen molar-refractivity contribution in [3.8, 4) is 0 Å². The molecule has 0 rings (SSSR count). The fourth-order valence-electron chi connectivity index (χ4n) is 2.82. The number of unbranched alkanes of at least 4 members (excludes halogenated alkanes) is 7. The number of rotatable bonds is 13. The highest BCUT2D eigenvalue weighted by molar-refractivity contribution is 4.79. The molecule has 0 saturated heterocycles. The van der Waals surface area contributed by atoms with Crippen LogP contribution >= 0.6 is 0 Å². The van der Waals surface area contributed by atoms with Gasteiger partial charge in [-0.15, -0.1) is 0 Å². The van der Waals surface area contributed by atoms with Gasteiger partial charge < -0.3 is 4.74 Å². The fourth-order valence-corrected chi connectivity index (χ4v) is 2.82. The monoisotopic (exact) mass is 270 g/mol. The van der Waals surface area contributed by atoms with Gasteiger partial charge in [0.2, 0.25) is 0 Å². The third kappa shape index (κ3) is 9.49. The Balaban J connectivity index is 3.91. The summed E-state index contributed by atoms with van der Waals surface area (Å²) in [5.74, 6) is 0.732. The summed E-state index contributed by atoms with van der Waals surface area (Å²) in [5, 5.41) is 0. The van der Waals surface area contributed by atoms with E-state index >= 15 is 0 Å². The molecule has 0 aromatic carbocycles. The smallest absolute Gasteiger partial charge is 0.0650 e. The van der Waals surface area contributed by atoms with E-state index in [9.17, 15) is 0 Å². The fraction of sp³-hybridized carbons (Fsp3) is 1.00. The zero-order valence-electron chi connectivity index (χ0n) is 14.3. The highest BCUT2D eigenvalue weighted by Crippen LogP contribution is 2.30. The Bertz CT molecular complexity index is 186. The predicted molar refractivity (Wildman–Crippen MR) is 86.7 cm³/mol. The van der Waals surface area contributed by atoms with Crippen LogP contribution in [0.15, 0.2) is 0 Å². The van der Waals surface area contributed by atoms with Crippen molar-refractivity contribution in [3.63, 3.8) is 0 Å². The van der Waals surface area contributed by atoms with Crippen LogP contribution in [-0.4, -0.2) is 12.7 Å². The standard InChI is InChI=1S/C18H38O/c1-6-8-10-11-12-14-16-17(15-13-9-7-2)18(3,4)19-5/h17H,6-16H2,1-5H3. The first-order chi connectivity index (χ1) is 9.08. The molecular weight excluding hydrogens is 232 g/mol. The van der Waals surface area contributed by atoms with Crippen LogP contribution in [0.3, 0.4) is 0 Å². The molecule has 116 valence electrons. The van der Waals surface area contributed by atoms with Gasteiger partial charge >= 0.3 is 0 Å². The average Bonchev–Trinajstić information content (AvgIpc) is 2.40. The van der Waals surface area contributed by atoms with Crippen LogP contribution in [0.4, 0.5) is 0 Å². The molecule has 0 amide bonds. The largest absolute Gasteiger partial charge is 0.379 e. The summed E-state index contributed by atoms with van der Waals surface area (Å²) in [5.41, 5.74) is 0.0527. The molecule has 0 radical (unpaired) electrons. The molecule has 0 heterocycles. The van der Waals surface area contributed by atoms with E-state index in [1.165, 1.54) is 70.6 Å². The molecule has 0 aliphatic carbocycles. The molecule has 0 aromatic rings. The lowest BCUT2D eigenvalue weighted by Gasteiger charge is -2.33. The molecule has 0 bridgehead atoms. The van der Waals surface area contributed by atoms with Crippen molar-refractivity contribution in [1.82, 2.24) is 0 Å². The van der Waals surface area contributed by atoms with Crippen molar-refractivity contribution in [2.24, 2.45) is 5.92 Å². The summed E-state index contributed by atoms with van der Waals surface area (Å²) in [6.45, 7) is 9.09. The SMILES string of the molecule is CCCCCCCCC(CCCCC)C(C)(C)OC. The van der Waals surface area contributed by atoms with Gasteiger partial charge in [-0.3, -0.25) is 0 Å². The third-order valence-corrected chi connectivity index (χ3v) is 4.57. The number of methoxy groups -OCH3 is 1. The van der Waals surface area contributed by atoms with Crippen LogP contribution in [0.1, 0.15) is 98.3 Å². The molecule has 1 nitrogen and oxygen atoms in total. The minimum atomic E-state index is 0.0527. The lowest BCUT2D eigenvalue weighted by molar-refractivity contribution is -0.0352. The first-order valence-corrected chi connectivity index (χ1v) is 8.63. The van der Waals surface area contributed by atoms with E-state index in [1.54, 1.807) is 0 Å². The zero-order valence-corrected chi connectivity index (χ0v) is 14.3. The van der Waals surface area contributed by atoms with Crippen LogP contribution in [-0.2, 0) is 4.74 Å². The van der Waals surface area contributed by atoms with Gasteiger partial charge in [-0.25, -0.2) is 0 Å². The van der Waals surface area contributed by atoms with Crippen LogP contribution in [0.5, 0.6) is 0 Å². The van der Waals surface area contributed by atoms with Crippen molar-refractivity contribution < 1.29 is 4.74 Å². The molecule has 0 fully saturated rings. The maximum Gasteiger partial charge on any atom is 0.0650 e. The third-order valence-electron chi connectivity index (χ3n) is 4.57. The second-order valence-corrected chi connectivity index (χ2v) is 6.56. The summed E-state index contributed by atoms with van der Waals surface area (Å²) < 4.78 is 5.73. The second-order valence-electron chi connectivity index (χ2n) is 6.56. The maximum atomic E-state index is 5.73. The van der Waals surface area contributed by atoms with Crippen molar-refractivity contribution >= 4 is 0 Å². The molecule has 0 N–H and O–H groups in total. The average molecular weight is 271 g/mol. The van der Waals surface area contributed by atoms with Crippen molar-refractivity contribution in [1.29, 1.82) is 0 Å². The zero-order chi connectivity index (χ0) is 14.6. The summed E-state index contributed by atoms with van der Waals surface area (Å²) in [6.07, 6.45) is 15.1. The molecule has 1 atom stereocenters. The molecule has 0 saturated carbocycles. The Kier molecular flexibility index (Phi) is 11.7. The van der Waals surface area contributed by atoms with E-state index in [-0.39, 0.29) is 5.60 Å².